The van der Waals surface area contributed by atoms with Crippen LogP contribution in [0.2, 0.25) is 5.02 Å². The Morgan fingerprint density at radius 2 is 1.80 bits per heavy atom. The number of rotatable bonds is 7. The summed E-state index contributed by atoms with van der Waals surface area (Å²) in [5.41, 5.74) is 3.40. The number of H-pyrrole nitrogens is 1. The lowest BCUT2D eigenvalue weighted by Gasteiger charge is -2.37. The number of carbonyl (C=O) groups excluding carboxylic acids is 2. The molecule has 2 unspecified atom stereocenters. The average Bonchev–Trinajstić information content (AvgIpc) is 3.33. The molecular weight excluding hydrogens is 555 g/mol. The number of alkyl halides is 1. The van der Waals surface area contributed by atoms with E-state index in [9.17, 15) is 18.0 Å². The molecule has 0 aliphatic heterocycles. The molecule has 3 aromatic carbocycles. The number of nitrogens with zero attached hydrogens (tertiary/aromatic N) is 1. The number of hydrogen-bond donors (Lipinski definition) is 1. The van der Waals surface area contributed by atoms with Crippen LogP contribution in [0.5, 0.6) is 0 Å². The number of aryl methyl sites for hydroxylation is 1. The van der Waals surface area contributed by atoms with Crippen LogP contribution >= 0.6 is 11.6 Å². The number of nitrogens with one attached hydrogen (secondary N) is 1. The van der Waals surface area contributed by atoms with Crippen molar-refractivity contribution in [3.8, 4) is 0 Å². The van der Waals surface area contributed by atoms with Crippen molar-refractivity contribution in [1.29, 1.82) is 0 Å². The van der Waals surface area contributed by atoms with Crippen molar-refractivity contribution in [3.05, 3.63) is 100 Å². The van der Waals surface area contributed by atoms with E-state index in [1.165, 1.54) is 50.6 Å². The molecule has 1 amide bonds. The Morgan fingerprint density at radius 3 is 2.48 bits per heavy atom. The number of amides is 1. The maximum atomic E-state index is 17.4. The number of carbonyl (C=O) groups is 2. The molecule has 0 bridgehead atoms. The Hall–Kier alpha value is -3.69. The van der Waals surface area contributed by atoms with Gasteiger partial charge >= 0.3 is 5.97 Å². The molecular formula is C30H28ClFN2O5S. The van der Waals surface area contributed by atoms with Crippen LogP contribution in [0.4, 0.5) is 4.39 Å². The van der Waals surface area contributed by atoms with Crippen LogP contribution in [0.15, 0.2) is 77.7 Å². The first-order valence-electron chi connectivity index (χ1n) is 12.8. The normalized spacial score (nSPS) is 16.6. The Balaban J connectivity index is 1.51. The summed E-state index contributed by atoms with van der Waals surface area (Å²) in [7, 11) is -2.10. The number of esters is 1. The van der Waals surface area contributed by atoms with Crippen molar-refractivity contribution in [2.75, 3.05) is 14.2 Å². The molecule has 1 aliphatic carbocycles. The second-order valence-corrected chi connectivity index (χ2v) is 12.5. The highest BCUT2D eigenvalue weighted by molar-refractivity contribution is 7.93. The summed E-state index contributed by atoms with van der Waals surface area (Å²) in [5, 5.41) is -1.74. The summed E-state index contributed by atoms with van der Waals surface area (Å²) in [4.78, 5) is 29.8. The fraction of sp³-hybridized carbons (Fsp3) is 0.267. The highest BCUT2D eigenvalue weighted by Crippen LogP contribution is 2.44. The summed E-state index contributed by atoms with van der Waals surface area (Å²) in [6.07, 6.45) is 0.586. The second-order valence-electron chi connectivity index (χ2n) is 10.0. The van der Waals surface area contributed by atoms with Gasteiger partial charge in [-0.05, 0) is 72.9 Å². The molecule has 10 heteroatoms. The fourth-order valence-electron chi connectivity index (χ4n) is 5.47. The second kappa shape index (κ2) is 10.7. The Morgan fingerprint density at radius 1 is 1.10 bits per heavy atom. The number of aromatic nitrogens is 1. The van der Waals surface area contributed by atoms with Crippen molar-refractivity contribution < 1.29 is 27.1 Å². The lowest BCUT2D eigenvalue weighted by molar-refractivity contribution is -0.141. The van der Waals surface area contributed by atoms with Crippen molar-refractivity contribution in [2.45, 2.75) is 35.7 Å². The third-order valence-corrected chi connectivity index (χ3v) is 9.97. The minimum atomic E-state index is -4.75. The van der Waals surface area contributed by atoms with Crippen LogP contribution in [0.1, 0.15) is 33.6 Å². The lowest BCUT2D eigenvalue weighted by atomic mass is 9.83. The summed E-state index contributed by atoms with van der Waals surface area (Å²) in [6.45, 7) is -0.0564. The number of benzene rings is 3. The van der Waals surface area contributed by atoms with Crippen LogP contribution in [0.3, 0.4) is 0 Å². The Bertz CT molecular complexity index is 1690. The lowest BCUT2D eigenvalue weighted by Crippen LogP contribution is -2.55. The highest BCUT2D eigenvalue weighted by atomic mass is 35.5. The molecule has 1 N–H and O–H groups in total. The molecule has 0 fully saturated rings. The van der Waals surface area contributed by atoms with E-state index in [2.05, 4.69) is 4.98 Å². The van der Waals surface area contributed by atoms with Crippen LogP contribution in [0.25, 0.3) is 10.9 Å². The molecule has 1 aliphatic rings. The molecule has 1 heterocycles. The van der Waals surface area contributed by atoms with Gasteiger partial charge in [0.15, 0.2) is 0 Å². The first kappa shape index (κ1) is 27.9. The maximum Gasteiger partial charge on any atom is 0.337 e. The number of ether oxygens (including phenoxy) is 1. The fourth-order valence-corrected chi connectivity index (χ4v) is 7.53. The third kappa shape index (κ3) is 4.77. The van der Waals surface area contributed by atoms with Gasteiger partial charge < -0.3 is 14.6 Å². The summed E-state index contributed by atoms with van der Waals surface area (Å²) < 4.78 is 50.0. The maximum absolute atomic E-state index is 17.4. The number of hydrogen-bond acceptors (Lipinski definition) is 5. The Kier molecular flexibility index (Phi) is 7.46. The van der Waals surface area contributed by atoms with Crippen LogP contribution in [-0.4, -0.2) is 49.3 Å². The van der Waals surface area contributed by atoms with E-state index in [1.807, 2.05) is 12.1 Å². The molecule has 0 radical (unpaired) electrons. The van der Waals surface area contributed by atoms with Gasteiger partial charge in [-0.3, -0.25) is 4.79 Å². The molecule has 40 heavy (non-hydrogen) atoms. The topological polar surface area (TPSA) is 96.5 Å². The van der Waals surface area contributed by atoms with E-state index in [-0.39, 0.29) is 24.3 Å². The van der Waals surface area contributed by atoms with Crippen molar-refractivity contribution in [1.82, 2.24) is 9.88 Å². The smallest absolute Gasteiger partial charge is 0.337 e. The van der Waals surface area contributed by atoms with Crippen LogP contribution in [0, 0.1) is 5.92 Å². The van der Waals surface area contributed by atoms with Gasteiger partial charge in [0.1, 0.15) is 0 Å². The van der Waals surface area contributed by atoms with Gasteiger partial charge in [-0.2, -0.15) is 0 Å². The van der Waals surface area contributed by atoms with Crippen molar-refractivity contribution >= 4 is 44.2 Å². The first-order valence-corrected chi connectivity index (χ1v) is 14.6. The summed E-state index contributed by atoms with van der Waals surface area (Å²) >= 11 is 6.20. The van der Waals surface area contributed by atoms with Gasteiger partial charge in [0.2, 0.25) is 9.84 Å². The first-order chi connectivity index (χ1) is 19.1. The van der Waals surface area contributed by atoms with E-state index in [4.69, 9.17) is 16.3 Å². The molecule has 5 rings (SSSR count). The minimum Gasteiger partial charge on any atom is -0.465 e. The van der Waals surface area contributed by atoms with Gasteiger partial charge in [0.25, 0.3) is 10.9 Å². The van der Waals surface area contributed by atoms with Crippen molar-refractivity contribution in [3.63, 3.8) is 0 Å². The predicted molar refractivity (Wildman–Crippen MR) is 151 cm³/mol. The number of aromatic amines is 1. The largest absolute Gasteiger partial charge is 0.465 e. The zero-order valence-corrected chi connectivity index (χ0v) is 23.6. The van der Waals surface area contributed by atoms with Crippen molar-refractivity contribution in [2.24, 2.45) is 5.92 Å². The molecule has 2 atom stereocenters. The molecule has 0 saturated carbocycles. The zero-order valence-electron chi connectivity index (χ0n) is 22.0. The quantitative estimate of drug-likeness (QED) is 0.290. The third-order valence-electron chi connectivity index (χ3n) is 7.55. The monoisotopic (exact) mass is 582 g/mol. The summed E-state index contributed by atoms with van der Waals surface area (Å²) in [6, 6.07) is 19.0. The molecule has 208 valence electrons. The summed E-state index contributed by atoms with van der Waals surface area (Å²) in [5.74, 6) is -2.78. The SMILES string of the molecule is COC(=O)c1ccc(CN(C)C(=O)C(F)(C2CCc3c([nH]c4ccc(Cl)cc34)C2)S(=O)(=O)c2ccccc2)cc1. The minimum absolute atomic E-state index is 0.0393. The van der Waals surface area contributed by atoms with E-state index in [0.29, 0.717) is 28.3 Å². The van der Waals surface area contributed by atoms with E-state index >= 15 is 4.39 Å². The molecule has 1 aromatic heterocycles. The van der Waals surface area contributed by atoms with Crippen LogP contribution < -0.4 is 0 Å². The van der Waals surface area contributed by atoms with Gasteiger partial charge in [0.05, 0.1) is 17.6 Å². The molecule has 7 nitrogen and oxygen atoms in total. The van der Waals surface area contributed by atoms with Gasteiger partial charge in [-0.1, -0.05) is 41.9 Å². The zero-order chi connectivity index (χ0) is 28.7. The van der Waals surface area contributed by atoms with E-state index in [1.54, 1.807) is 24.3 Å². The Labute approximate surface area is 236 Å². The number of halogens is 2. The van der Waals surface area contributed by atoms with Crippen LogP contribution in [-0.2, 0) is 38.8 Å². The predicted octanol–water partition coefficient (Wildman–Crippen LogP) is 5.51. The average molecular weight is 583 g/mol. The van der Waals surface area contributed by atoms with Gasteiger partial charge in [-0.15, -0.1) is 0 Å². The highest BCUT2D eigenvalue weighted by Gasteiger charge is 2.59. The van der Waals surface area contributed by atoms with Gasteiger partial charge in [0, 0.05) is 41.1 Å². The van der Waals surface area contributed by atoms with E-state index in [0.717, 1.165) is 21.4 Å². The van der Waals surface area contributed by atoms with Gasteiger partial charge in [-0.25, -0.2) is 17.6 Å². The molecule has 4 aromatic rings. The number of fused-ring (bicyclic) bond motifs is 3. The molecule has 0 saturated heterocycles. The molecule has 0 spiro atoms. The van der Waals surface area contributed by atoms with E-state index < -0.39 is 32.6 Å². The standard InChI is InChI=1S/C30H28ClFN2O5S/c1-34(18-19-8-10-20(11-9-19)28(35)39-2)29(36)30(32,40(37,38)23-6-4-3-5-7-23)21-12-14-24-25-17-22(31)13-15-26(25)33-27(24)16-21/h3-11,13,15,17,21,33H,12,14,16,18H2,1-2H3. The number of methoxy groups -OCH3 is 1. The number of sulfone groups is 1.